The number of aromatic nitrogens is 1. The van der Waals surface area contributed by atoms with Crippen molar-refractivity contribution in [3.05, 3.63) is 29.5 Å². The summed E-state index contributed by atoms with van der Waals surface area (Å²) in [7, 11) is 4.48. The first-order valence-corrected chi connectivity index (χ1v) is 5.72. The zero-order chi connectivity index (χ0) is 14.0. The van der Waals surface area contributed by atoms with Gasteiger partial charge in [0.1, 0.15) is 0 Å². The Bertz CT molecular complexity index is 637. The Morgan fingerprint density at radius 1 is 1.05 bits per heavy atom. The predicted molar refractivity (Wildman–Crippen MR) is 70.9 cm³/mol. The van der Waals surface area contributed by atoms with Gasteiger partial charge in [-0.3, -0.25) is 4.98 Å². The van der Waals surface area contributed by atoms with E-state index in [1.54, 1.807) is 39.3 Å². The number of ether oxygens (including phenoxy) is 3. The SMILES string of the molecule is COC(=O)c1cc2cc(OC)c(OC)cc2nc1C. The number of methoxy groups -OCH3 is 3. The molecule has 0 unspecified atom stereocenters. The van der Waals surface area contributed by atoms with Gasteiger partial charge in [0, 0.05) is 11.5 Å². The molecule has 0 N–H and O–H groups in total. The molecular formula is C14H15NO4. The van der Waals surface area contributed by atoms with Crippen LogP contribution in [0.5, 0.6) is 11.5 Å². The molecule has 1 heterocycles. The minimum absolute atomic E-state index is 0.401. The van der Waals surface area contributed by atoms with Crippen molar-refractivity contribution in [2.45, 2.75) is 6.92 Å². The molecular weight excluding hydrogens is 246 g/mol. The molecule has 0 atom stereocenters. The number of nitrogens with zero attached hydrogens (tertiary/aromatic N) is 1. The van der Waals surface area contributed by atoms with Crippen molar-refractivity contribution >= 4 is 16.9 Å². The van der Waals surface area contributed by atoms with Crippen molar-refractivity contribution < 1.29 is 19.0 Å². The van der Waals surface area contributed by atoms with Gasteiger partial charge in [0.2, 0.25) is 0 Å². The number of rotatable bonds is 3. The number of aryl methyl sites for hydroxylation is 1. The molecule has 2 aromatic rings. The van der Waals surface area contributed by atoms with Crippen LogP contribution in [0.2, 0.25) is 0 Å². The fraction of sp³-hybridized carbons (Fsp3) is 0.286. The summed E-state index contributed by atoms with van der Waals surface area (Å²) in [6.07, 6.45) is 0. The highest BCUT2D eigenvalue weighted by Crippen LogP contribution is 2.32. The van der Waals surface area contributed by atoms with Crippen LogP contribution in [0.25, 0.3) is 10.9 Å². The van der Waals surface area contributed by atoms with Gasteiger partial charge in [0.25, 0.3) is 0 Å². The minimum Gasteiger partial charge on any atom is -0.493 e. The van der Waals surface area contributed by atoms with Crippen LogP contribution in [0.4, 0.5) is 0 Å². The van der Waals surface area contributed by atoms with Gasteiger partial charge in [0.15, 0.2) is 11.5 Å². The third kappa shape index (κ3) is 2.31. The van der Waals surface area contributed by atoms with Gasteiger partial charge >= 0.3 is 5.97 Å². The van der Waals surface area contributed by atoms with E-state index in [0.717, 1.165) is 10.9 Å². The number of hydrogen-bond acceptors (Lipinski definition) is 5. The zero-order valence-electron chi connectivity index (χ0n) is 11.3. The van der Waals surface area contributed by atoms with Crippen LogP contribution in [0, 0.1) is 6.92 Å². The summed E-state index contributed by atoms with van der Waals surface area (Å²) >= 11 is 0. The summed E-state index contributed by atoms with van der Waals surface area (Å²) in [5.41, 5.74) is 1.80. The van der Waals surface area contributed by atoms with E-state index in [4.69, 9.17) is 14.2 Å². The highest BCUT2D eigenvalue weighted by atomic mass is 16.5. The lowest BCUT2D eigenvalue weighted by atomic mass is 10.1. The molecule has 5 heteroatoms. The fourth-order valence-electron chi connectivity index (χ4n) is 1.91. The Kier molecular flexibility index (Phi) is 3.55. The normalized spacial score (nSPS) is 10.3. The molecule has 0 aliphatic carbocycles. The fourth-order valence-corrected chi connectivity index (χ4v) is 1.91. The number of pyridine rings is 1. The van der Waals surface area contributed by atoms with E-state index in [1.807, 2.05) is 0 Å². The molecule has 5 nitrogen and oxygen atoms in total. The Morgan fingerprint density at radius 2 is 1.68 bits per heavy atom. The van der Waals surface area contributed by atoms with E-state index < -0.39 is 5.97 Å². The maximum Gasteiger partial charge on any atom is 0.339 e. The second-order valence-electron chi connectivity index (χ2n) is 4.01. The molecule has 0 aliphatic heterocycles. The lowest BCUT2D eigenvalue weighted by Crippen LogP contribution is -2.05. The van der Waals surface area contributed by atoms with Crippen LogP contribution in [0.15, 0.2) is 18.2 Å². The molecule has 0 bridgehead atoms. The van der Waals surface area contributed by atoms with Crippen LogP contribution < -0.4 is 9.47 Å². The molecule has 0 amide bonds. The van der Waals surface area contributed by atoms with Crippen LogP contribution in [-0.4, -0.2) is 32.3 Å². The zero-order valence-corrected chi connectivity index (χ0v) is 11.3. The number of carbonyl (C=O) groups is 1. The predicted octanol–water partition coefficient (Wildman–Crippen LogP) is 2.35. The number of hydrogen-bond donors (Lipinski definition) is 0. The second kappa shape index (κ2) is 5.14. The topological polar surface area (TPSA) is 57.7 Å². The molecule has 100 valence electrons. The number of fused-ring (bicyclic) bond motifs is 1. The maximum atomic E-state index is 11.6. The minimum atomic E-state index is -0.401. The van der Waals surface area contributed by atoms with Gasteiger partial charge in [-0.25, -0.2) is 4.79 Å². The lowest BCUT2D eigenvalue weighted by molar-refractivity contribution is 0.0599. The van der Waals surface area contributed by atoms with E-state index in [2.05, 4.69) is 4.98 Å². The quantitative estimate of drug-likeness (QED) is 0.794. The monoisotopic (exact) mass is 261 g/mol. The maximum absolute atomic E-state index is 11.6. The lowest BCUT2D eigenvalue weighted by Gasteiger charge is -2.10. The van der Waals surface area contributed by atoms with Crippen molar-refractivity contribution in [1.82, 2.24) is 4.98 Å². The first kappa shape index (κ1) is 13.1. The summed E-state index contributed by atoms with van der Waals surface area (Å²) in [5.74, 6) is 0.797. The third-order valence-electron chi connectivity index (χ3n) is 2.92. The smallest absolute Gasteiger partial charge is 0.339 e. The van der Waals surface area contributed by atoms with Crippen LogP contribution in [-0.2, 0) is 4.74 Å². The van der Waals surface area contributed by atoms with Crippen LogP contribution in [0.3, 0.4) is 0 Å². The van der Waals surface area contributed by atoms with E-state index in [-0.39, 0.29) is 0 Å². The molecule has 1 aromatic carbocycles. The standard InChI is InChI=1S/C14H15NO4/c1-8-10(14(16)19-4)5-9-6-12(17-2)13(18-3)7-11(9)15-8/h5-7H,1-4H3. The molecule has 2 rings (SSSR count). The first-order chi connectivity index (χ1) is 9.10. The second-order valence-corrected chi connectivity index (χ2v) is 4.01. The summed E-state index contributed by atoms with van der Waals surface area (Å²) in [6.45, 7) is 1.77. The van der Waals surface area contributed by atoms with E-state index >= 15 is 0 Å². The molecule has 19 heavy (non-hydrogen) atoms. The van der Waals surface area contributed by atoms with E-state index in [9.17, 15) is 4.79 Å². The number of benzene rings is 1. The van der Waals surface area contributed by atoms with Crippen molar-refractivity contribution in [1.29, 1.82) is 0 Å². The van der Waals surface area contributed by atoms with Gasteiger partial charge < -0.3 is 14.2 Å². The van der Waals surface area contributed by atoms with Gasteiger partial charge in [-0.05, 0) is 19.1 Å². The van der Waals surface area contributed by atoms with Gasteiger partial charge in [-0.15, -0.1) is 0 Å². The van der Waals surface area contributed by atoms with Crippen molar-refractivity contribution in [3.8, 4) is 11.5 Å². The average molecular weight is 261 g/mol. The average Bonchev–Trinajstić information content (AvgIpc) is 2.44. The van der Waals surface area contributed by atoms with Gasteiger partial charge in [-0.1, -0.05) is 0 Å². The molecule has 0 radical (unpaired) electrons. The summed E-state index contributed by atoms with van der Waals surface area (Å²) in [6, 6.07) is 5.31. The summed E-state index contributed by atoms with van der Waals surface area (Å²) < 4.78 is 15.2. The molecule has 0 spiro atoms. The Hall–Kier alpha value is -2.30. The number of esters is 1. The Labute approximate surface area is 111 Å². The first-order valence-electron chi connectivity index (χ1n) is 5.72. The molecule has 0 saturated carbocycles. The Morgan fingerprint density at radius 3 is 2.26 bits per heavy atom. The number of carbonyl (C=O) groups excluding carboxylic acids is 1. The summed E-state index contributed by atoms with van der Waals surface area (Å²) in [4.78, 5) is 16.0. The Balaban J connectivity index is 2.68. The third-order valence-corrected chi connectivity index (χ3v) is 2.92. The van der Waals surface area contributed by atoms with Crippen molar-refractivity contribution in [2.75, 3.05) is 21.3 Å². The highest BCUT2D eigenvalue weighted by molar-refractivity contribution is 5.95. The highest BCUT2D eigenvalue weighted by Gasteiger charge is 2.14. The van der Waals surface area contributed by atoms with Crippen LogP contribution in [0.1, 0.15) is 16.1 Å². The van der Waals surface area contributed by atoms with E-state index in [1.165, 1.54) is 7.11 Å². The molecule has 1 aromatic heterocycles. The molecule has 0 fully saturated rings. The van der Waals surface area contributed by atoms with E-state index in [0.29, 0.717) is 22.8 Å². The van der Waals surface area contributed by atoms with Crippen LogP contribution >= 0.6 is 0 Å². The van der Waals surface area contributed by atoms with Crippen molar-refractivity contribution in [2.24, 2.45) is 0 Å². The molecule has 0 aliphatic rings. The van der Waals surface area contributed by atoms with Gasteiger partial charge in [0.05, 0.1) is 38.1 Å². The largest absolute Gasteiger partial charge is 0.493 e. The molecule has 0 saturated heterocycles. The van der Waals surface area contributed by atoms with Crippen molar-refractivity contribution in [3.63, 3.8) is 0 Å². The summed E-state index contributed by atoms with van der Waals surface area (Å²) in [5, 5.41) is 0.795. The van der Waals surface area contributed by atoms with Gasteiger partial charge in [-0.2, -0.15) is 0 Å².